The Labute approximate surface area is 113 Å². The van der Waals surface area contributed by atoms with Crippen molar-refractivity contribution in [1.29, 1.82) is 0 Å². The first-order valence-corrected chi connectivity index (χ1v) is 6.93. The van der Waals surface area contributed by atoms with Gasteiger partial charge in [-0.2, -0.15) is 0 Å². The molecular weight excluding hydrogens is 242 g/mol. The van der Waals surface area contributed by atoms with E-state index in [0.717, 1.165) is 18.8 Å². The van der Waals surface area contributed by atoms with Crippen molar-refractivity contribution >= 4 is 17.1 Å². The molecule has 19 heavy (non-hydrogen) atoms. The van der Waals surface area contributed by atoms with Crippen molar-refractivity contribution in [2.75, 3.05) is 29.9 Å². The average Bonchev–Trinajstić information content (AvgIpc) is 3.19. The van der Waals surface area contributed by atoms with Crippen LogP contribution in [0, 0.1) is 16.0 Å². The van der Waals surface area contributed by atoms with E-state index in [2.05, 4.69) is 10.2 Å². The number of rotatable bonds is 7. The Morgan fingerprint density at radius 2 is 2.16 bits per heavy atom. The molecule has 1 N–H and O–H groups in total. The third-order valence-corrected chi connectivity index (χ3v) is 3.46. The zero-order chi connectivity index (χ0) is 13.8. The number of nitro benzene ring substituents is 1. The molecule has 1 aromatic carbocycles. The van der Waals surface area contributed by atoms with Gasteiger partial charge >= 0.3 is 5.69 Å². The molecule has 1 saturated carbocycles. The van der Waals surface area contributed by atoms with Gasteiger partial charge in [0.05, 0.1) is 4.92 Å². The summed E-state index contributed by atoms with van der Waals surface area (Å²) in [5, 5.41) is 14.5. The number of benzene rings is 1. The first kappa shape index (κ1) is 13.6. The third kappa shape index (κ3) is 3.16. The highest BCUT2D eigenvalue weighted by Crippen LogP contribution is 2.38. The molecule has 1 fully saturated rings. The number of nitrogens with one attached hydrogen (secondary N) is 1. The van der Waals surface area contributed by atoms with E-state index in [0.29, 0.717) is 18.2 Å². The van der Waals surface area contributed by atoms with Crippen LogP contribution in [0.25, 0.3) is 0 Å². The number of anilines is 2. The zero-order valence-corrected chi connectivity index (χ0v) is 11.6. The molecule has 0 aromatic heterocycles. The van der Waals surface area contributed by atoms with E-state index in [4.69, 9.17) is 0 Å². The van der Waals surface area contributed by atoms with Crippen LogP contribution in [0.4, 0.5) is 17.1 Å². The maximum absolute atomic E-state index is 11.4. The van der Waals surface area contributed by atoms with Crippen molar-refractivity contribution in [3.63, 3.8) is 0 Å². The van der Waals surface area contributed by atoms with Gasteiger partial charge in [-0.15, -0.1) is 0 Å². The fourth-order valence-electron chi connectivity index (χ4n) is 2.32. The number of para-hydroxylation sites is 1. The summed E-state index contributed by atoms with van der Waals surface area (Å²) >= 11 is 0. The number of hydrogen-bond donors (Lipinski definition) is 1. The summed E-state index contributed by atoms with van der Waals surface area (Å²) < 4.78 is 0. The molecule has 5 heteroatoms. The van der Waals surface area contributed by atoms with Gasteiger partial charge in [-0.05, 0) is 44.7 Å². The highest BCUT2D eigenvalue weighted by molar-refractivity contribution is 5.77. The van der Waals surface area contributed by atoms with Crippen molar-refractivity contribution in [3.8, 4) is 0 Å². The van der Waals surface area contributed by atoms with Crippen LogP contribution in [0.1, 0.15) is 26.7 Å². The minimum atomic E-state index is -0.275. The predicted molar refractivity (Wildman–Crippen MR) is 77.9 cm³/mol. The lowest BCUT2D eigenvalue weighted by Crippen LogP contribution is -2.26. The van der Waals surface area contributed by atoms with Gasteiger partial charge in [0.15, 0.2) is 0 Å². The largest absolute Gasteiger partial charge is 0.380 e. The van der Waals surface area contributed by atoms with Crippen molar-refractivity contribution in [3.05, 3.63) is 28.3 Å². The minimum Gasteiger partial charge on any atom is -0.380 e. The van der Waals surface area contributed by atoms with Crippen LogP contribution in [-0.4, -0.2) is 24.6 Å². The van der Waals surface area contributed by atoms with Crippen molar-refractivity contribution in [2.24, 2.45) is 5.92 Å². The average molecular weight is 263 g/mol. The van der Waals surface area contributed by atoms with E-state index < -0.39 is 0 Å². The summed E-state index contributed by atoms with van der Waals surface area (Å²) in [6.07, 6.45) is 2.49. The standard InChI is InChI=1S/C14H21N3O2/c1-3-15-12-6-5-7-13(14(12)17(18)19)16(4-2)10-11-8-9-11/h5-7,11,15H,3-4,8-10H2,1-2H3. The Hall–Kier alpha value is -1.78. The molecule has 1 aliphatic rings. The first-order chi connectivity index (χ1) is 9.17. The third-order valence-electron chi connectivity index (χ3n) is 3.46. The van der Waals surface area contributed by atoms with Crippen molar-refractivity contribution < 1.29 is 4.92 Å². The number of hydrogen-bond acceptors (Lipinski definition) is 4. The Morgan fingerprint density at radius 1 is 1.42 bits per heavy atom. The lowest BCUT2D eigenvalue weighted by Gasteiger charge is -2.23. The van der Waals surface area contributed by atoms with E-state index >= 15 is 0 Å². The van der Waals surface area contributed by atoms with Gasteiger partial charge in [0, 0.05) is 19.6 Å². The summed E-state index contributed by atoms with van der Waals surface area (Å²) in [6.45, 7) is 6.39. The summed E-state index contributed by atoms with van der Waals surface area (Å²) in [6, 6.07) is 5.51. The molecule has 0 atom stereocenters. The molecule has 104 valence electrons. The molecule has 0 saturated heterocycles. The Balaban J connectivity index is 2.35. The smallest absolute Gasteiger partial charge is 0.315 e. The van der Waals surface area contributed by atoms with E-state index in [9.17, 15) is 10.1 Å². The molecule has 5 nitrogen and oxygen atoms in total. The van der Waals surface area contributed by atoms with Crippen LogP contribution < -0.4 is 10.2 Å². The SMILES string of the molecule is CCNc1cccc(N(CC)CC2CC2)c1[N+](=O)[O-]. The zero-order valence-electron chi connectivity index (χ0n) is 11.6. The molecule has 0 aliphatic heterocycles. The summed E-state index contributed by atoms with van der Waals surface area (Å²) in [5.41, 5.74) is 1.55. The number of nitrogens with zero attached hydrogens (tertiary/aromatic N) is 2. The van der Waals surface area contributed by atoms with Gasteiger partial charge in [-0.25, -0.2) is 0 Å². The van der Waals surface area contributed by atoms with E-state index in [1.54, 1.807) is 6.07 Å². The van der Waals surface area contributed by atoms with E-state index in [1.807, 2.05) is 26.0 Å². The second-order valence-corrected chi connectivity index (χ2v) is 4.94. The number of nitro groups is 1. The van der Waals surface area contributed by atoms with E-state index in [1.165, 1.54) is 12.8 Å². The Morgan fingerprint density at radius 3 is 2.68 bits per heavy atom. The predicted octanol–water partition coefficient (Wildman–Crippen LogP) is 3.26. The quantitative estimate of drug-likeness (QED) is 0.606. The molecule has 0 spiro atoms. The lowest BCUT2D eigenvalue weighted by molar-refractivity contribution is -0.383. The molecule has 1 aliphatic carbocycles. The summed E-state index contributed by atoms with van der Waals surface area (Å²) in [4.78, 5) is 13.2. The molecule has 0 bridgehead atoms. The minimum absolute atomic E-state index is 0.201. The normalized spacial score (nSPS) is 14.2. The highest BCUT2D eigenvalue weighted by Gasteiger charge is 2.28. The van der Waals surface area contributed by atoms with Crippen molar-refractivity contribution in [1.82, 2.24) is 0 Å². The van der Waals surface area contributed by atoms with Gasteiger partial charge in [0.25, 0.3) is 0 Å². The van der Waals surface area contributed by atoms with Gasteiger partial charge in [-0.3, -0.25) is 10.1 Å². The van der Waals surface area contributed by atoms with Gasteiger partial charge in [-0.1, -0.05) is 6.07 Å². The van der Waals surface area contributed by atoms with Crippen LogP contribution in [0.2, 0.25) is 0 Å². The topological polar surface area (TPSA) is 58.4 Å². The maximum Gasteiger partial charge on any atom is 0.315 e. The fraction of sp³-hybridized carbons (Fsp3) is 0.571. The second kappa shape index (κ2) is 5.91. The monoisotopic (exact) mass is 263 g/mol. The maximum atomic E-state index is 11.4. The van der Waals surface area contributed by atoms with Crippen molar-refractivity contribution in [2.45, 2.75) is 26.7 Å². The lowest BCUT2D eigenvalue weighted by atomic mass is 10.2. The molecule has 0 amide bonds. The second-order valence-electron chi connectivity index (χ2n) is 4.94. The summed E-state index contributed by atoms with van der Waals surface area (Å²) in [7, 11) is 0. The van der Waals surface area contributed by atoms with Gasteiger partial charge in [0.2, 0.25) is 0 Å². The van der Waals surface area contributed by atoms with Crippen LogP contribution in [0.5, 0.6) is 0 Å². The molecular formula is C14H21N3O2. The van der Waals surface area contributed by atoms with Crippen LogP contribution in [-0.2, 0) is 0 Å². The van der Waals surface area contributed by atoms with Gasteiger partial charge < -0.3 is 10.2 Å². The van der Waals surface area contributed by atoms with Crippen LogP contribution in [0.15, 0.2) is 18.2 Å². The molecule has 0 unspecified atom stereocenters. The molecule has 2 rings (SSSR count). The molecule has 1 aromatic rings. The van der Waals surface area contributed by atoms with Crippen LogP contribution >= 0.6 is 0 Å². The van der Waals surface area contributed by atoms with Gasteiger partial charge in [0.1, 0.15) is 11.4 Å². The Kier molecular flexibility index (Phi) is 4.24. The fourth-order valence-corrected chi connectivity index (χ4v) is 2.32. The highest BCUT2D eigenvalue weighted by atomic mass is 16.6. The van der Waals surface area contributed by atoms with E-state index in [-0.39, 0.29) is 10.6 Å². The first-order valence-electron chi connectivity index (χ1n) is 6.93. The van der Waals surface area contributed by atoms with Crippen LogP contribution in [0.3, 0.4) is 0 Å². The molecule has 0 radical (unpaired) electrons. The Bertz CT molecular complexity index is 458. The summed E-state index contributed by atoms with van der Waals surface area (Å²) in [5.74, 6) is 0.711. The molecule has 0 heterocycles.